The minimum atomic E-state index is -0.300. The SMILES string of the molecule is Cn1c(=O)n(CC(S)CS)c(=O)c2ccsc21. The van der Waals surface area contributed by atoms with E-state index >= 15 is 0 Å². The third-order valence-corrected chi connectivity index (χ3v) is 4.61. The normalized spacial score (nSPS) is 13.1. The zero-order valence-corrected chi connectivity index (χ0v) is 11.8. The van der Waals surface area contributed by atoms with Crippen molar-refractivity contribution in [1.82, 2.24) is 9.13 Å². The van der Waals surface area contributed by atoms with Crippen LogP contribution in [-0.2, 0) is 13.6 Å². The van der Waals surface area contributed by atoms with Gasteiger partial charge < -0.3 is 0 Å². The number of nitrogens with zero attached hydrogens (tertiary/aromatic N) is 2. The smallest absolute Gasteiger partial charge is 0.287 e. The summed E-state index contributed by atoms with van der Waals surface area (Å²) in [6.07, 6.45) is 0. The van der Waals surface area contributed by atoms with E-state index in [1.807, 2.05) is 5.38 Å². The molecule has 0 saturated carbocycles. The van der Waals surface area contributed by atoms with Gasteiger partial charge in [-0.05, 0) is 11.4 Å². The number of rotatable bonds is 3. The third kappa shape index (κ3) is 2.19. The molecule has 2 heterocycles. The predicted molar refractivity (Wildman–Crippen MR) is 78.0 cm³/mol. The number of aryl methyl sites for hydroxylation is 1. The zero-order valence-electron chi connectivity index (χ0n) is 9.16. The maximum atomic E-state index is 12.1. The number of aromatic nitrogens is 2. The second-order valence-electron chi connectivity index (χ2n) is 3.73. The lowest BCUT2D eigenvalue weighted by Gasteiger charge is -2.11. The van der Waals surface area contributed by atoms with Crippen LogP contribution in [0.15, 0.2) is 21.0 Å². The average molecular weight is 288 g/mol. The molecule has 1 atom stereocenters. The average Bonchev–Trinajstić information content (AvgIpc) is 2.80. The quantitative estimate of drug-likeness (QED) is 0.827. The van der Waals surface area contributed by atoms with E-state index in [9.17, 15) is 9.59 Å². The Bertz CT molecular complexity index is 656. The first-order chi connectivity index (χ1) is 8.06. The molecule has 0 saturated heterocycles. The minimum absolute atomic E-state index is 0.111. The first kappa shape index (κ1) is 12.8. The fraction of sp³-hybridized carbons (Fsp3) is 0.400. The Labute approximate surface area is 113 Å². The van der Waals surface area contributed by atoms with E-state index in [0.29, 0.717) is 16.0 Å². The highest BCUT2D eigenvalue weighted by Gasteiger charge is 2.13. The van der Waals surface area contributed by atoms with Crippen molar-refractivity contribution in [2.45, 2.75) is 11.8 Å². The minimum Gasteiger partial charge on any atom is -0.287 e. The van der Waals surface area contributed by atoms with Crippen LogP contribution in [0.1, 0.15) is 0 Å². The molecule has 0 aliphatic carbocycles. The Morgan fingerprint density at radius 1 is 1.47 bits per heavy atom. The van der Waals surface area contributed by atoms with Gasteiger partial charge in [-0.25, -0.2) is 4.79 Å². The van der Waals surface area contributed by atoms with Crippen LogP contribution in [0.5, 0.6) is 0 Å². The summed E-state index contributed by atoms with van der Waals surface area (Å²) in [5.41, 5.74) is -0.545. The van der Waals surface area contributed by atoms with Crippen molar-refractivity contribution >= 4 is 46.8 Å². The van der Waals surface area contributed by atoms with Gasteiger partial charge in [-0.1, -0.05) is 0 Å². The van der Waals surface area contributed by atoms with Crippen LogP contribution >= 0.6 is 36.6 Å². The highest BCUT2D eigenvalue weighted by Crippen LogP contribution is 2.14. The van der Waals surface area contributed by atoms with Crippen LogP contribution in [0.4, 0.5) is 0 Å². The Morgan fingerprint density at radius 2 is 2.18 bits per heavy atom. The predicted octanol–water partition coefficient (Wildman–Crippen LogP) is 0.990. The molecular formula is C10H12N2O2S3. The maximum absolute atomic E-state index is 12.1. The molecule has 0 aromatic carbocycles. The van der Waals surface area contributed by atoms with Crippen molar-refractivity contribution < 1.29 is 0 Å². The van der Waals surface area contributed by atoms with Crippen molar-refractivity contribution in [3.63, 3.8) is 0 Å². The molecule has 0 amide bonds. The maximum Gasteiger partial charge on any atom is 0.331 e. The molecule has 0 bridgehead atoms. The van der Waals surface area contributed by atoms with Gasteiger partial charge in [0.2, 0.25) is 0 Å². The summed E-state index contributed by atoms with van der Waals surface area (Å²) in [6, 6.07) is 1.74. The highest BCUT2D eigenvalue weighted by molar-refractivity contribution is 7.84. The summed E-state index contributed by atoms with van der Waals surface area (Å²) < 4.78 is 2.73. The standard InChI is InChI=1S/C10H12N2O2S3/c1-11-9-7(2-3-17-9)8(13)12(10(11)14)4-6(16)5-15/h2-3,6,15-16H,4-5H2,1H3. The van der Waals surface area contributed by atoms with Gasteiger partial charge in [-0.15, -0.1) is 11.3 Å². The highest BCUT2D eigenvalue weighted by atomic mass is 32.1. The monoisotopic (exact) mass is 288 g/mol. The molecule has 0 radical (unpaired) electrons. The molecule has 4 nitrogen and oxygen atoms in total. The van der Waals surface area contributed by atoms with Gasteiger partial charge in [0.1, 0.15) is 4.83 Å². The van der Waals surface area contributed by atoms with Crippen LogP contribution in [-0.4, -0.2) is 20.1 Å². The van der Waals surface area contributed by atoms with Gasteiger partial charge >= 0.3 is 5.69 Å². The van der Waals surface area contributed by atoms with Crippen LogP contribution in [0, 0.1) is 0 Å². The molecule has 0 N–H and O–H groups in total. The van der Waals surface area contributed by atoms with Crippen molar-refractivity contribution in [2.75, 3.05) is 5.75 Å². The molecule has 92 valence electrons. The van der Waals surface area contributed by atoms with E-state index in [1.165, 1.54) is 20.5 Å². The first-order valence-electron chi connectivity index (χ1n) is 5.02. The first-order valence-corrected chi connectivity index (χ1v) is 7.05. The van der Waals surface area contributed by atoms with Crippen molar-refractivity contribution in [2.24, 2.45) is 7.05 Å². The molecule has 2 aromatic heterocycles. The molecule has 1 unspecified atom stereocenters. The van der Waals surface area contributed by atoms with Crippen molar-refractivity contribution in [3.8, 4) is 0 Å². The number of hydrogen-bond acceptors (Lipinski definition) is 5. The molecule has 0 aliphatic heterocycles. The lowest BCUT2D eigenvalue weighted by atomic mass is 10.4. The lowest BCUT2D eigenvalue weighted by molar-refractivity contribution is 0.609. The second-order valence-corrected chi connectivity index (χ2v) is 5.72. The van der Waals surface area contributed by atoms with Crippen molar-refractivity contribution in [3.05, 3.63) is 32.3 Å². The van der Waals surface area contributed by atoms with Gasteiger partial charge in [-0.2, -0.15) is 25.3 Å². The topological polar surface area (TPSA) is 44.0 Å². The number of thiol groups is 2. The summed E-state index contributed by atoms with van der Waals surface area (Å²) in [7, 11) is 1.67. The number of fused-ring (bicyclic) bond motifs is 1. The molecular weight excluding hydrogens is 276 g/mol. The Hall–Kier alpha value is -0.660. The zero-order chi connectivity index (χ0) is 12.6. The number of hydrogen-bond donors (Lipinski definition) is 2. The summed E-state index contributed by atoms with van der Waals surface area (Å²) in [5, 5.41) is 2.28. The Morgan fingerprint density at radius 3 is 2.82 bits per heavy atom. The molecule has 0 spiro atoms. The third-order valence-electron chi connectivity index (χ3n) is 2.55. The van der Waals surface area contributed by atoms with Crippen LogP contribution in [0.2, 0.25) is 0 Å². The van der Waals surface area contributed by atoms with E-state index in [0.717, 1.165) is 0 Å². The summed E-state index contributed by atoms with van der Waals surface area (Å²) >= 11 is 9.76. The van der Waals surface area contributed by atoms with Gasteiger partial charge in [0.15, 0.2) is 0 Å². The Balaban J connectivity index is 2.71. The van der Waals surface area contributed by atoms with E-state index < -0.39 is 0 Å². The molecule has 2 rings (SSSR count). The fourth-order valence-corrected chi connectivity index (χ4v) is 2.78. The largest absolute Gasteiger partial charge is 0.331 e. The van der Waals surface area contributed by atoms with Crippen LogP contribution in [0.25, 0.3) is 10.2 Å². The molecule has 7 heteroatoms. The van der Waals surface area contributed by atoms with E-state index in [2.05, 4.69) is 25.3 Å². The van der Waals surface area contributed by atoms with E-state index in [1.54, 1.807) is 13.1 Å². The van der Waals surface area contributed by atoms with Crippen molar-refractivity contribution in [1.29, 1.82) is 0 Å². The van der Waals surface area contributed by atoms with Gasteiger partial charge in [0, 0.05) is 24.6 Å². The molecule has 0 aliphatic rings. The summed E-state index contributed by atoms with van der Waals surface area (Å²) in [5.74, 6) is 0.514. The van der Waals surface area contributed by atoms with Gasteiger partial charge in [0.05, 0.1) is 5.39 Å². The van der Waals surface area contributed by atoms with E-state index in [-0.39, 0.29) is 23.0 Å². The molecule has 2 aromatic rings. The number of thiophene rings is 1. The molecule has 0 fully saturated rings. The van der Waals surface area contributed by atoms with Gasteiger partial charge in [0.25, 0.3) is 5.56 Å². The summed E-state index contributed by atoms with van der Waals surface area (Å²) in [6.45, 7) is 0.282. The second kappa shape index (κ2) is 4.91. The summed E-state index contributed by atoms with van der Waals surface area (Å²) in [4.78, 5) is 24.8. The van der Waals surface area contributed by atoms with Crippen LogP contribution in [0.3, 0.4) is 0 Å². The lowest BCUT2D eigenvalue weighted by Crippen LogP contribution is -2.40. The van der Waals surface area contributed by atoms with Crippen LogP contribution < -0.4 is 11.2 Å². The Kier molecular flexibility index (Phi) is 3.70. The van der Waals surface area contributed by atoms with Gasteiger partial charge in [-0.3, -0.25) is 13.9 Å². The molecule has 17 heavy (non-hydrogen) atoms. The van der Waals surface area contributed by atoms with E-state index in [4.69, 9.17) is 0 Å². The fourth-order valence-electron chi connectivity index (χ4n) is 1.65.